The fraction of sp³-hybridized carbons (Fsp3) is 0.462. The summed E-state index contributed by atoms with van der Waals surface area (Å²) in [5.41, 5.74) is 1.11. The molecule has 2 aliphatic heterocycles. The number of fused-ring (bicyclic) bond motifs is 1. The van der Waals surface area contributed by atoms with Crippen molar-refractivity contribution >= 4 is 27.5 Å². The molecule has 18 heavy (non-hydrogen) atoms. The van der Waals surface area contributed by atoms with Gasteiger partial charge >= 0.3 is 0 Å². The average molecular weight is 310 g/mol. The third-order valence-corrected chi connectivity index (χ3v) is 4.09. The Balaban J connectivity index is 1.81. The fourth-order valence-electron chi connectivity index (χ4n) is 2.69. The second-order valence-corrected chi connectivity index (χ2v) is 5.72. The van der Waals surface area contributed by atoms with E-state index in [-0.39, 0.29) is 5.91 Å². The molecule has 0 saturated carbocycles. The van der Waals surface area contributed by atoms with Crippen molar-refractivity contribution in [2.75, 3.05) is 37.6 Å². The second kappa shape index (κ2) is 4.90. The van der Waals surface area contributed by atoms with E-state index < -0.39 is 0 Å². The maximum atomic E-state index is 12.1. The zero-order valence-corrected chi connectivity index (χ0v) is 11.7. The van der Waals surface area contributed by atoms with Crippen molar-refractivity contribution in [3.63, 3.8) is 0 Å². The number of halogens is 1. The maximum Gasteiger partial charge on any atom is 0.242 e. The minimum absolute atomic E-state index is 0.243. The third kappa shape index (κ3) is 2.24. The molecule has 0 spiro atoms. The fourth-order valence-corrected chi connectivity index (χ4v) is 3.08. The lowest BCUT2D eigenvalue weighted by molar-refractivity contribution is -0.134. The second-order valence-electron chi connectivity index (χ2n) is 4.81. The third-order valence-electron chi connectivity index (χ3n) is 3.60. The number of nitrogens with zero attached hydrogens (tertiary/aromatic N) is 2. The van der Waals surface area contributed by atoms with Gasteiger partial charge in [-0.15, -0.1) is 0 Å². The van der Waals surface area contributed by atoms with Gasteiger partial charge in [-0.2, -0.15) is 0 Å². The van der Waals surface area contributed by atoms with Crippen LogP contribution in [0.2, 0.25) is 0 Å². The summed E-state index contributed by atoms with van der Waals surface area (Å²) in [7, 11) is 0. The summed E-state index contributed by atoms with van der Waals surface area (Å²) in [5, 5.41) is 3.36. The van der Waals surface area contributed by atoms with E-state index in [0.717, 1.165) is 36.3 Å². The van der Waals surface area contributed by atoms with Crippen molar-refractivity contribution in [3.8, 4) is 0 Å². The molecule has 3 rings (SSSR count). The van der Waals surface area contributed by atoms with Crippen LogP contribution in [-0.4, -0.2) is 49.6 Å². The largest absolute Gasteiger partial charge is 0.360 e. The molecule has 5 heteroatoms. The van der Waals surface area contributed by atoms with Gasteiger partial charge in [-0.3, -0.25) is 4.79 Å². The first-order valence-corrected chi connectivity index (χ1v) is 7.04. The van der Waals surface area contributed by atoms with Crippen molar-refractivity contribution in [1.29, 1.82) is 0 Å². The monoisotopic (exact) mass is 309 g/mol. The number of carbonyl (C=O) groups excluding carboxylic acids is 1. The van der Waals surface area contributed by atoms with E-state index in [9.17, 15) is 4.79 Å². The van der Waals surface area contributed by atoms with Crippen molar-refractivity contribution in [2.24, 2.45) is 0 Å². The van der Waals surface area contributed by atoms with Gasteiger partial charge in [0.05, 0.1) is 12.6 Å². The van der Waals surface area contributed by atoms with Crippen LogP contribution in [0.5, 0.6) is 0 Å². The molecule has 1 amide bonds. The lowest BCUT2D eigenvalue weighted by Gasteiger charge is -2.44. The lowest BCUT2D eigenvalue weighted by Crippen LogP contribution is -2.63. The van der Waals surface area contributed by atoms with Crippen LogP contribution in [0.15, 0.2) is 28.7 Å². The molecule has 96 valence electrons. The molecule has 2 heterocycles. The molecule has 1 aromatic carbocycles. The highest BCUT2D eigenvalue weighted by Gasteiger charge is 2.33. The molecular formula is C13H16BrN3O. The van der Waals surface area contributed by atoms with Gasteiger partial charge in [-0.25, -0.2) is 0 Å². The van der Waals surface area contributed by atoms with Gasteiger partial charge in [-0.1, -0.05) is 22.0 Å². The van der Waals surface area contributed by atoms with Crippen LogP contribution in [-0.2, 0) is 4.79 Å². The van der Waals surface area contributed by atoms with E-state index >= 15 is 0 Å². The van der Waals surface area contributed by atoms with Crippen LogP contribution in [0.3, 0.4) is 0 Å². The molecular weight excluding hydrogens is 294 g/mol. The summed E-state index contributed by atoms with van der Waals surface area (Å²) in [5.74, 6) is 0.243. The SMILES string of the molecule is O=C1CN(c2cccc(Br)c2)CC2CNCCN12. The average Bonchev–Trinajstić information content (AvgIpc) is 2.39. The molecule has 2 fully saturated rings. The van der Waals surface area contributed by atoms with E-state index in [1.807, 2.05) is 17.0 Å². The number of benzene rings is 1. The van der Waals surface area contributed by atoms with Crippen LogP contribution in [0, 0.1) is 0 Å². The van der Waals surface area contributed by atoms with Crippen LogP contribution < -0.4 is 10.2 Å². The molecule has 1 atom stereocenters. The number of hydrogen-bond donors (Lipinski definition) is 1. The molecule has 1 aromatic rings. The van der Waals surface area contributed by atoms with Gasteiger partial charge in [0, 0.05) is 36.3 Å². The first kappa shape index (κ1) is 12.0. The number of piperazine rings is 2. The summed E-state index contributed by atoms with van der Waals surface area (Å²) >= 11 is 3.48. The predicted molar refractivity (Wildman–Crippen MR) is 74.7 cm³/mol. The van der Waals surface area contributed by atoms with E-state index in [1.165, 1.54) is 0 Å². The Labute approximate surface area is 115 Å². The topological polar surface area (TPSA) is 35.6 Å². The molecule has 0 bridgehead atoms. The van der Waals surface area contributed by atoms with Gasteiger partial charge < -0.3 is 15.1 Å². The molecule has 1 N–H and O–H groups in total. The highest BCUT2D eigenvalue weighted by atomic mass is 79.9. The molecule has 1 unspecified atom stereocenters. The summed E-state index contributed by atoms with van der Waals surface area (Å²) in [6.07, 6.45) is 0. The van der Waals surface area contributed by atoms with E-state index in [4.69, 9.17) is 0 Å². The van der Waals surface area contributed by atoms with Crippen molar-refractivity contribution in [2.45, 2.75) is 6.04 Å². The Kier molecular flexibility index (Phi) is 3.26. The number of amides is 1. The molecule has 0 aromatic heterocycles. The predicted octanol–water partition coefficient (Wildman–Crippen LogP) is 1.07. The van der Waals surface area contributed by atoms with E-state index in [1.54, 1.807) is 0 Å². The Morgan fingerprint density at radius 2 is 2.28 bits per heavy atom. The molecule has 4 nitrogen and oxygen atoms in total. The summed E-state index contributed by atoms with van der Waals surface area (Å²) < 4.78 is 1.05. The summed E-state index contributed by atoms with van der Waals surface area (Å²) in [6.45, 7) is 4.06. The number of rotatable bonds is 1. The normalized spacial score (nSPS) is 24.1. The van der Waals surface area contributed by atoms with Gasteiger partial charge in [-0.05, 0) is 18.2 Å². The van der Waals surface area contributed by atoms with Crippen LogP contribution >= 0.6 is 15.9 Å². The molecule has 0 radical (unpaired) electrons. The van der Waals surface area contributed by atoms with Gasteiger partial charge in [0.1, 0.15) is 0 Å². The van der Waals surface area contributed by atoms with Crippen molar-refractivity contribution in [1.82, 2.24) is 10.2 Å². The summed E-state index contributed by atoms with van der Waals surface area (Å²) in [6, 6.07) is 8.45. The smallest absolute Gasteiger partial charge is 0.242 e. The van der Waals surface area contributed by atoms with E-state index in [2.05, 4.69) is 38.3 Å². The first-order chi connectivity index (χ1) is 8.74. The first-order valence-electron chi connectivity index (χ1n) is 6.25. The van der Waals surface area contributed by atoms with Gasteiger partial charge in [0.25, 0.3) is 0 Å². The highest BCUT2D eigenvalue weighted by Crippen LogP contribution is 2.23. The zero-order chi connectivity index (χ0) is 12.5. The molecule has 2 aliphatic rings. The van der Waals surface area contributed by atoms with E-state index in [0.29, 0.717) is 12.6 Å². The Hall–Kier alpha value is -1.07. The van der Waals surface area contributed by atoms with Gasteiger partial charge in [0.2, 0.25) is 5.91 Å². The number of anilines is 1. The molecule has 2 saturated heterocycles. The zero-order valence-electron chi connectivity index (χ0n) is 10.1. The maximum absolute atomic E-state index is 12.1. The van der Waals surface area contributed by atoms with Crippen molar-refractivity contribution in [3.05, 3.63) is 28.7 Å². The Bertz CT molecular complexity index is 465. The van der Waals surface area contributed by atoms with Crippen LogP contribution in [0.1, 0.15) is 0 Å². The van der Waals surface area contributed by atoms with Crippen molar-refractivity contribution < 1.29 is 4.79 Å². The van der Waals surface area contributed by atoms with Gasteiger partial charge in [0.15, 0.2) is 0 Å². The Morgan fingerprint density at radius 3 is 3.11 bits per heavy atom. The quantitative estimate of drug-likeness (QED) is 0.843. The summed E-state index contributed by atoms with van der Waals surface area (Å²) in [4.78, 5) is 16.3. The standard InChI is InChI=1S/C13H16BrN3O/c14-10-2-1-3-11(6-10)16-8-12-7-15-4-5-17(12)13(18)9-16/h1-3,6,12,15H,4-5,7-9H2. The molecule has 0 aliphatic carbocycles. The lowest BCUT2D eigenvalue weighted by atomic mass is 10.1. The minimum Gasteiger partial charge on any atom is -0.360 e. The number of nitrogens with one attached hydrogen (secondary N) is 1. The minimum atomic E-state index is 0.243. The van der Waals surface area contributed by atoms with Crippen LogP contribution in [0.25, 0.3) is 0 Å². The Morgan fingerprint density at radius 1 is 1.39 bits per heavy atom. The van der Waals surface area contributed by atoms with Crippen LogP contribution in [0.4, 0.5) is 5.69 Å². The number of carbonyl (C=O) groups is 1. The highest BCUT2D eigenvalue weighted by molar-refractivity contribution is 9.10. The number of hydrogen-bond acceptors (Lipinski definition) is 3.